The van der Waals surface area contributed by atoms with Crippen LogP contribution in [0, 0.1) is 11.8 Å². The lowest BCUT2D eigenvalue weighted by molar-refractivity contribution is -0.150. The standard InChI is InChI=1S/C38H43N3O5/c42-25-32(21-28-14-6-2-7-15-28)40-36(43)23-29-16-8-3-9-17-30(20-27-12-4-1-5-13-27)38(45)46-26-33(41-37(29)44)22-31-24-39-35-19-11-10-18-34(31)35/h1-8,10-15,18-19,24,29-30,32-33,39,42H,9,16-17,20-23,25-26H2,(H,40,43)(H,41,44). The molecule has 4 atom stereocenters. The molecule has 0 radical (unpaired) electrons. The molecule has 1 aliphatic rings. The fourth-order valence-corrected chi connectivity index (χ4v) is 6.07. The normalized spacial score (nSPS) is 20.1. The highest BCUT2D eigenvalue weighted by Crippen LogP contribution is 2.22. The monoisotopic (exact) mass is 621 g/mol. The van der Waals surface area contributed by atoms with E-state index in [1.165, 1.54) is 0 Å². The Labute approximate surface area is 270 Å². The number of aromatic amines is 1. The second kappa shape index (κ2) is 16.6. The Morgan fingerprint density at radius 1 is 0.891 bits per heavy atom. The minimum absolute atomic E-state index is 0.0192. The molecule has 2 amide bonds. The molecule has 0 fully saturated rings. The number of benzene rings is 3. The first-order valence-corrected chi connectivity index (χ1v) is 16.1. The number of allylic oxidation sites excluding steroid dienone is 2. The summed E-state index contributed by atoms with van der Waals surface area (Å²) in [6.45, 7) is -0.189. The topological polar surface area (TPSA) is 121 Å². The van der Waals surface area contributed by atoms with Crippen LogP contribution >= 0.6 is 0 Å². The number of para-hydroxylation sites is 1. The van der Waals surface area contributed by atoms with Crippen molar-refractivity contribution in [2.45, 2.75) is 57.0 Å². The van der Waals surface area contributed by atoms with Crippen LogP contribution in [-0.2, 0) is 38.4 Å². The summed E-state index contributed by atoms with van der Waals surface area (Å²) in [5.74, 6) is -1.80. The molecule has 1 aliphatic heterocycles. The van der Waals surface area contributed by atoms with Crippen molar-refractivity contribution in [1.29, 1.82) is 0 Å². The van der Waals surface area contributed by atoms with Crippen molar-refractivity contribution in [3.05, 3.63) is 120 Å². The fraction of sp³-hybridized carbons (Fsp3) is 0.342. The zero-order valence-electron chi connectivity index (χ0n) is 26.1. The van der Waals surface area contributed by atoms with Gasteiger partial charge in [-0.15, -0.1) is 0 Å². The van der Waals surface area contributed by atoms with E-state index in [-0.39, 0.29) is 43.3 Å². The van der Waals surface area contributed by atoms with Gasteiger partial charge in [-0.3, -0.25) is 14.4 Å². The Hall–Kier alpha value is -4.69. The number of carbonyl (C=O) groups excluding carboxylic acids is 3. The zero-order chi connectivity index (χ0) is 32.1. The highest BCUT2D eigenvalue weighted by atomic mass is 16.5. The summed E-state index contributed by atoms with van der Waals surface area (Å²) < 4.78 is 5.91. The van der Waals surface area contributed by atoms with Crippen molar-refractivity contribution in [3.8, 4) is 0 Å². The molecule has 0 spiro atoms. The number of amides is 2. The van der Waals surface area contributed by atoms with Crippen molar-refractivity contribution in [1.82, 2.24) is 15.6 Å². The molecule has 4 unspecified atom stereocenters. The van der Waals surface area contributed by atoms with E-state index in [1.54, 1.807) is 0 Å². The van der Waals surface area contributed by atoms with Gasteiger partial charge in [0.1, 0.15) is 6.61 Å². The van der Waals surface area contributed by atoms with Crippen molar-refractivity contribution < 1.29 is 24.2 Å². The van der Waals surface area contributed by atoms with Gasteiger partial charge in [-0.25, -0.2) is 0 Å². The van der Waals surface area contributed by atoms with Crippen LogP contribution in [0.2, 0.25) is 0 Å². The quantitative estimate of drug-likeness (QED) is 0.146. The van der Waals surface area contributed by atoms with E-state index in [1.807, 2.05) is 103 Å². The van der Waals surface area contributed by atoms with E-state index in [2.05, 4.69) is 15.6 Å². The van der Waals surface area contributed by atoms with E-state index < -0.39 is 18.0 Å². The minimum atomic E-state index is -0.630. The predicted molar refractivity (Wildman–Crippen MR) is 179 cm³/mol. The zero-order valence-corrected chi connectivity index (χ0v) is 26.1. The van der Waals surface area contributed by atoms with Gasteiger partial charge in [0.25, 0.3) is 0 Å². The summed E-state index contributed by atoms with van der Waals surface area (Å²) >= 11 is 0. The summed E-state index contributed by atoms with van der Waals surface area (Å²) in [5, 5.41) is 17.0. The van der Waals surface area contributed by atoms with Crippen LogP contribution in [0.15, 0.2) is 103 Å². The molecular formula is C38H43N3O5. The Kier molecular flexibility index (Phi) is 11.8. The molecule has 0 saturated heterocycles. The molecule has 0 aliphatic carbocycles. The third-order valence-corrected chi connectivity index (χ3v) is 8.55. The summed E-state index contributed by atoms with van der Waals surface area (Å²) in [6, 6.07) is 26.6. The number of aliphatic hydroxyl groups excluding tert-OH is 1. The first-order valence-electron chi connectivity index (χ1n) is 16.1. The number of ether oxygens (including phenoxy) is 1. The number of hydrogen-bond acceptors (Lipinski definition) is 5. The third-order valence-electron chi connectivity index (χ3n) is 8.55. The van der Waals surface area contributed by atoms with E-state index in [0.29, 0.717) is 38.5 Å². The predicted octanol–water partition coefficient (Wildman–Crippen LogP) is 5.06. The maximum Gasteiger partial charge on any atom is 0.309 e. The average Bonchev–Trinajstić information content (AvgIpc) is 3.48. The maximum atomic E-state index is 13.8. The number of aliphatic hydroxyl groups is 1. The summed E-state index contributed by atoms with van der Waals surface area (Å²) in [7, 11) is 0. The average molecular weight is 622 g/mol. The Morgan fingerprint density at radius 3 is 2.37 bits per heavy atom. The molecule has 8 nitrogen and oxygen atoms in total. The largest absolute Gasteiger partial charge is 0.463 e. The number of hydrogen-bond donors (Lipinski definition) is 4. The van der Waals surface area contributed by atoms with Crippen molar-refractivity contribution in [2.24, 2.45) is 11.8 Å². The van der Waals surface area contributed by atoms with Crippen molar-refractivity contribution in [3.63, 3.8) is 0 Å². The molecule has 2 heterocycles. The smallest absolute Gasteiger partial charge is 0.309 e. The van der Waals surface area contributed by atoms with Crippen LogP contribution in [0.1, 0.15) is 42.4 Å². The summed E-state index contributed by atoms with van der Waals surface area (Å²) in [5.41, 5.74) is 4.07. The van der Waals surface area contributed by atoms with Gasteiger partial charge in [0, 0.05) is 23.5 Å². The van der Waals surface area contributed by atoms with E-state index in [0.717, 1.165) is 27.6 Å². The minimum Gasteiger partial charge on any atom is -0.463 e. The SMILES string of the molecule is O=C(CC1CC=CCCC(Cc2ccccc2)C(=O)OCC(Cc2c[nH]c3ccccc23)NC1=O)NC(CO)Cc1ccccc1. The number of H-pyrrole nitrogens is 1. The van der Waals surface area contributed by atoms with Gasteiger partial charge in [0.2, 0.25) is 11.8 Å². The molecule has 8 heteroatoms. The van der Waals surface area contributed by atoms with E-state index in [4.69, 9.17) is 4.74 Å². The lowest BCUT2D eigenvalue weighted by atomic mass is 9.94. The Morgan fingerprint density at radius 2 is 1.61 bits per heavy atom. The third kappa shape index (κ3) is 9.41. The van der Waals surface area contributed by atoms with Crippen LogP contribution in [-0.4, -0.2) is 53.2 Å². The molecule has 240 valence electrons. The number of esters is 1. The van der Waals surface area contributed by atoms with E-state index >= 15 is 0 Å². The number of aromatic nitrogens is 1. The van der Waals surface area contributed by atoms with E-state index in [9.17, 15) is 19.5 Å². The fourth-order valence-electron chi connectivity index (χ4n) is 6.07. The van der Waals surface area contributed by atoms with Crippen LogP contribution in [0.4, 0.5) is 0 Å². The second-order valence-electron chi connectivity index (χ2n) is 12.1. The molecule has 1 aromatic heterocycles. The van der Waals surface area contributed by atoms with Crippen molar-refractivity contribution in [2.75, 3.05) is 13.2 Å². The molecular weight excluding hydrogens is 578 g/mol. The van der Waals surface area contributed by atoms with Gasteiger partial charge < -0.3 is 25.5 Å². The highest BCUT2D eigenvalue weighted by Gasteiger charge is 2.28. The molecule has 4 N–H and O–H groups in total. The lowest BCUT2D eigenvalue weighted by Gasteiger charge is -2.24. The van der Waals surface area contributed by atoms with Gasteiger partial charge in [0.15, 0.2) is 0 Å². The first-order chi connectivity index (χ1) is 22.5. The number of carbonyl (C=O) groups is 3. The molecule has 46 heavy (non-hydrogen) atoms. The van der Waals surface area contributed by atoms with Gasteiger partial charge in [-0.2, -0.15) is 0 Å². The number of rotatable bonds is 10. The van der Waals surface area contributed by atoms with Crippen LogP contribution in [0.5, 0.6) is 0 Å². The molecule has 5 rings (SSSR count). The summed E-state index contributed by atoms with van der Waals surface area (Å²) in [6.07, 6.45) is 8.96. The highest BCUT2D eigenvalue weighted by molar-refractivity contribution is 5.87. The molecule has 3 aromatic carbocycles. The van der Waals surface area contributed by atoms with Crippen LogP contribution in [0.3, 0.4) is 0 Å². The molecule has 0 saturated carbocycles. The van der Waals surface area contributed by atoms with Gasteiger partial charge in [-0.1, -0.05) is 91.0 Å². The number of fused-ring (bicyclic) bond motifs is 1. The molecule has 4 aromatic rings. The Balaban J connectivity index is 1.32. The number of nitrogens with one attached hydrogen (secondary N) is 3. The Bertz CT molecular complexity index is 1600. The van der Waals surface area contributed by atoms with Crippen LogP contribution in [0.25, 0.3) is 10.9 Å². The van der Waals surface area contributed by atoms with Crippen molar-refractivity contribution >= 4 is 28.7 Å². The van der Waals surface area contributed by atoms with Crippen LogP contribution < -0.4 is 10.6 Å². The second-order valence-corrected chi connectivity index (χ2v) is 12.1. The lowest BCUT2D eigenvalue weighted by Crippen LogP contribution is -2.45. The van der Waals surface area contributed by atoms with Gasteiger partial charge >= 0.3 is 5.97 Å². The maximum absolute atomic E-state index is 13.8. The summed E-state index contributed by atoms with van der Waals surface area (Å²) in [4.78, 5) is 43.6. The first kappa shape index (κ1) is 32.7. The number of cyclic esters (lactones) is 1. The van der Waals surface area contributed by atoms with Gasteiger partial charge in [0.05, 0.1) is 30.5 Å². The van der Waals surface area contributed by atoms with Gasteiger partial charge in [-0.05, 0) is 61.3 Å². The molecule has 0 bridgehead atoms.